The zero-order valence-corrected chi connectivity index (χ0v) is 23.6. The van der Waals surface area contributed by atoms with Crippen LogP contribution in [0.15, 0.2) is 78.9 Å². The van der Waals surface area contributed by atoms with Crippen molar-refractivity contribution < 1.29 is 14.3 Å². The van der Waals surface area contributed by atoms with Crippen LogP contribution in [0.1, 0.15) is 67.4 Å². The van der Waals surface area contributed by atoms with Crippen LogP contribution in [-0.4, -0.2) is 49.6 Å². The molecular formula is C34H42N2O3. The summed E-state index contributed by atoms with van der Waals surface area (Å²) in [5.41, 5.74) is 5.00. The van der Waals surface area contributed by atoms with Crippen LogP contribution in [0.4, 0.5) is 0 Å². The van der Waals surface area contributed by atoms with Crippen LogP contribution in [0.25, 0.3) is 11.1 Å². The van der Waals surface area contributed by atoms with E-state index in [1.54, 1.807) is 0 Å². The maximum Gasteiger partial charge on any atom is 0.306 e. The summed E-state index contributed by atoms with van der Waals surface area (Å²) in [5.74, 6) is -0.164. The van der Waals surface area contributed by atoms with Crippen LogP contribution in [0.5, 0.6) is 0 Å². The summed E-state index contributed by atoms with van der Waals surface area (Å²) in [4.78, 5) is 27.9. The molecule has 39 heavy (non-hydrogen) atoms. The molecule has 5 nitrogen and oxygen atoms in total. The van der Waals surface area contributed by atoms with Gasteiger partial charge in [0.1, 0.15) is 0 Å². The number of carbonyl (C=O) groups is 2. The van der Waals surface area contributed by atoms with E-state index in [9.17, 15) is 9.59 Å². The molecule has 1 saturated heterocycles. The van der Waals surface area contributed by atoms with Gasteiger partial charge in [-0.1, -0.05) is 86.6 Å². The Kier molecular flexibility index (Phi) is 9.94. The molecule has 1 aliphatic heterocycles. The van der Waals surface area contributed by atoms with E-state index < -0.39 is 0 Å². The first-order valence-corrected chi connectivity index (χ1v) is 14.3. The molecule has 4 rings (SSSR count). The predicted molar refractivity (Wildman–Crippen MR) is 158 cm³/mol. The number of rotatable bonds is 11. The molecule has 206 valence electrons. The second-order valence-electron chi connectivity index (χ2n) is 11.0. The van der Waals surface area contributed by atoms with Gasteiger partial charge in [0.25, 0.3) is 5.91 Å². The van der Waals surface area contributed by atoms with E-state index in [-0.39, 0.29) is 23.3 Å². The fraction of sp³-hybridized carbons (Fsp3) is 0.412. The number of amides is 1. The summed E-state index contributed by atoms with van der Waals surface area (Å²) in [6.45, 7) is 7.22. The van der Waals surface area contributed by atoms with Crippen molar-refractivity contribution >= 4 is 11.9 Å². The molecule has 0 bridgehead atoms. The third-order valence-electron chi connectivity index (χ3n) is 8.20. The summed E-state index contributed by atoms with van der Waals surface area (Å²) in [5, 5.41) is 3.30. The highest BCUT2D eigenvalue weighted by Gasteiger charge is 2.30. The smallest absolute Gasteiger partial charge is 0.306 e. The van der Waals surface area contributed by atoms with Gasteiger partial charge in [-0.25, -0.2) is 0 Å². The number of ether oxygens (including phenoxy) is 1. The van der Waals surface area contributed by atoms with Gasteiger partial charge in [-0.3, -0.25) is 9.59 Å². The summed E-state index contributed by atoms with van der Waals surface area (Å²) >= 11 is 0. The highest BCUT2D eigenvalue weighted by molar-refractivity contribution is 6.01. The van der Waals surface area contributed by atoms with Gasteiger partial charge < -0.3 is 15.0 Å². The molecule has 0 saturated carbocycles. The second kappa shape index (κ2) is 13.6. The van der Waals surface area contributed by atoms with E-state index in [1.807, 2.05) is 42.5 Å². The minimum absolute atomic E-state index is 0.00468. The summed E-state index contributed by atoms with van der Waals surface area (Å²) in [7, 11) is 1.46. The normalized spacial score (nSPS) is 15.9. The molecule has 1 heterocycles. The molecule has 1 aliphatic rings. The number of nitrogens with one attached hydrogen (secondary N) is 1. The SMILES string of the molecule is CCc1ccc(-c2ccccc2C(=O)NC2CCN(CCCC(C)(CC(=O)OC)c3ccccc3)CC2)cc1. The maximum absolute atomic E-state index is 13.3. The quantitative estimate of drug-likeness (QED) is 0.293. The summed E-state index contributed by atoms with van der Waals surface area (Å²) in [6.07, 6.45) is 5.18. The minimum atomic E-state index is -0.245. The zero-order chi connectivity index (χ0) is 27.7. The number of aryl methyl sites for hydroxylation is 1. The lowest BCUT2D eigenvalue weighted by Gasteiger charge is -2.34. The van der Waals surface area contributed by atoms with Gasteiger partial charge in [0, 0.05) is 30.1 Å². The van der Waals surface area contributed by atoms with Crippen LogP contribution in [0.2, 0.25) is 0 Å². The Bertz CT molecular complexity index is 1220. The Labute approximate surface area is 233 Å². The first kappa shape index (κ1) is 28.6. The van der Waals surface area contributed by atoms with Crippen LogP contribution in [0, 0.1) is 0 Å². The highest BCUT2D eigenvalue weighted by atomic mass is 16.5. The number of hydrogen-bond donors (Lipinski definition) is 1. The minimum Gasteiger partial charge on any atom is -0.469 e. The van der Waals surface area contributed by atoms with E-state index in [1.165, 1.54) is 18.2 Å². The number of methoxy groups -OCH3 is 1. The molecule has 0 aliphatic carbocycles. The Morgan fingerprint density at radius 3 is 2.28 bits per heavy atom. The second-order valence-corrected chi connectivity index (χ2v) is 11.0. The van der Waals surface area contributed by atoms with Crippen molar-refractivity contribution in [2.45, 2.75) is 63.8 Å². The predicted octanol–water partition coefficient (Wildman–Crippen LogP) is 6.41. The monoisotopic (exact) mass is 526 g/mol. The fourth-order valence-electron chi connectivity index (χ4n) is 5.68. The number of nitrogens with zero attached hydrogens (tertiary/aromatic N) is 1. The number of likely N-dealkylation sites (tertiary alicyclic amines) is 1. The highest BCUT2D eigenvalue weighted by Crippen LogP contribution is 2.33. The van der Waals surface area contributed by atoms with Crippen LogP contribution >= 0.6 is 0 Å². The number of piperidine rings is 1. The molecule has 1 unspecified atom stereocenters. The van der Waals surface area contributed by atoms with Crippen molar-refractivity contribution in [1.82, 2.24) is 10.2 Å². The van der Waals surface area contributed by atoms with Gasteiger partial charge >= 0.3 is 5.97 Å². The molecule has 1 fully saturated rings. The molecule has 0 aromatic heterocycles. The number of carbonyl (C=O) groups excluding carboxylic acids is 2. The molecule has 0 radical (unpaired) electrons. The van der Waals surface area contributed by atoms with E-state index in [0.717, 1.165) is 68.4 Å². The van der Waals surface area contributed by atoms with Crippen molar-refractivity contribution in [1.29, 1.82) is 0 Å². The fourth-order valence-corrected chi connectivity index (χ4v) is 5.68. The molecule has 1 N–H and O–H groups in total. The molecule has 5 heteroatoms. The van der Waals surface area contributed by atoms with E-state index in [4.69, 9.17) is 4.74 Å². The van der Waals surface area contributed by atoms with E-state index >= 15 is 0 Å². The Hall–Kier alpha value is -3.44. The first-order chi connectivity index (χ1) is 18.9. The molecule has 3 aromatic rings. The lowest BCUT2D eigenvalue weighted by molar-refractivity contribution is -0.142. The molecule has 3 aromatic carbocycles. The average Bonchev–Trinajstić information content (AvgIpc) is 2.98. The molecule has 1 atom stereocenters. The van der Waals surface area contributed by atoms with Gasteiger partial charge in [0.2, 0.25) is 0 Å². The average molecular weight is 527 g/mol. The van der Waals surface area contributed by atoms with Crippen molar-refractivity contribution in [3.63, 3.8) is 0 Å². The third kappa shape index (κ3) is 7.57. The topological polar surface area (TPSA) is 58.6 Å². The van der Waals surface area contributed by atoms with Gasteiger partial charge in [-0.2, -0.15) is 0 Å². The molecular weight excluding hydrogens is 484 g/mol. The number of benzene rings is 3. The van der Waals surface area contributed by atoms with Gasteiger partial charge in [0.15, 0.2) is 0 Å². The van der Waals surface area contributed by atoms with Crippen molar-refractivity contribution in [3.8, 4) is 11.1 Å². The third-order valence-corrected chi connectivity index (χ3v) is 8.20. The largest absolute Gasteiger partial charge is 0.469 e. The van der Waals surface area contributed by atoms with Crippen molar-refractivity contribution in [2.75, 3.05) is 26.7 Å². The first-order valence-electron chi connectivity index (χ1n) is 14.3. The number of esters is 1. The van der Waals surface area contributed by atoms with Gasteiger partial charge in [-0.15, -0.1) is 0 Å². The Morgan fingerprint density at radius 1 is 0.949 bits per heavy atom. The van der Waals surface area contributed by atoms with Crippen LogP contribution in [-0.2, 0) is 21.4 Å². The van der Waals surface area contributed by atoms with Gasteiger partial charge in [-0.05, 0) is 67.0 Å². The molecule has 1 amide bonds. The Morgan fingerprint density at radius 2 is 1.62 bits per heavy atom. The number of hydrogen-bond acceptors (Lipinski definition) is 4. The zero-order valence-electron chi connectivity index (χ0n) is 23.6. The van der Waals surface area contributed by atoms with E-state index in [2.05, 4.69) is 60.5 Å². The standard InChI is InChI=1S/C34H42N2O3/c1-4-26-15-17-27(18-16-26)30-13-8-9-14-31(30)33(38)35-29-19-23-36(24-20-29)22-10-21-34(2,25-32(37)39-3)28-11-6-5-7-12-28/h5-9,11-18,29H,4,10,19-25H2,1-3H3,(H,35,38). The van der Waals surface area contributed by atoms with Gasteiger partial charge in [0.05, 0.1) is 13.5 Å². The van der Waals surface area contributed by atoms with Crippen molar-refractivity contribution in [2.24, 2.45) is 0 Å². The Balaban J connectivity index is 1.29. The van der Waals surface area contributed by atoms with Crippen molar-refractivity contribution in [3.05, 3.63) is 95.6 Å². The lowest BCUT2D eigenvalue weighted by atomic mass is 9.76. The maximum atomic E-state index is 13.3. The van der Waals surface area contributed by atoms with Crippen LogP contribution in [0.3, 0.4) is 0 Å². The van der Waals surface area contributed by atoms with Crippen LogP contribution < -0.4 is 5.32 Å². The molecule has 0 spiro atoms. The summed E-state index contributed by atoms with van der Waals surface area (Å²) < 4.78 is 5.00. The summed E-state index contributed by atoms with van der Waals surface area (Å²) in [6, 6.07) is 26.8. The van der Waals surface area contributed by atoms with E-state index in [0.29, 0.717) is 6.42 Å². The lowest BCUT2D eigenvalue weighted by Crippen LogP contribution is -2.45.